The zero-order valence-corrected chi connectivity index (χ0v) is 23.9. The Hall–Kier alpha value is -2.90. The fraction of sp³-hybridized carbons (Fsp3) is 0.533. The number of anilines is 2. The minimum absolute atomic E-state index is 0.0825. The van der Waals surface area contributed by atoms with Crippen LogP contribution in [0.25, 0.3) is 0 Å². The van der Waals surface area contributed by atoms with Crippen LogP contribution >= 0.6 is 0 Å². The normalized spacial score (nSPS) is 29.0. The van der Waals surface area contributed by atoms with Gasteiger partial charge in [-0.1, -0.05) is 42.4 Å². The highest BCUT2D eigenvalue weighted by Gasteiger charge is 2.52. The number of ether oxygens (including phenoxy) is 1. The average molecular weight is 575 g/mol. The van der Waals surface area contributed by atoms with Gasteiger partial charge in [0.1, 0.15) is 18.3 Å². The molecule has 1 fully saturated rings. The largest absolute Gasteiger partial charge is 0.396 e. The van der Waals surface area contributed by atoms with Gasteiger partial charge in [-0.2, -0.15) is 0 Å². The van der Waals surface area contributed by atoms with Crippen LogP contribution < -0.4 is 10.2 Å². The van der Waals surface area contributed by atoms with Gasteiger partial charge in [0.15, 0.2) is 18.0 Å². The lowest BCUT2D eigenvalue weighted by Crippen LogP contribution is -2.60. The lowest BCUT2D eigenvalue weighted by atomic mass is 9.82. The van der Waals surface area contributed by atoms with Crippen LogP contribution in [0.2, 0.25) is 0 Å². The Labute approximate surface area is 240 Å². The molecule has 2 aliphatic heterocycles. The quantitative estimate of drug-likeness (QED) is 0.191. The van der Waals surface area contributed by atoms with Crippen molar-refractivity contribution in [2.75, 3.05) is 23.4 Å². The van der Waals surface area contributed by atoms with Gasteiger partial charge in [0.2, 0.25) is 0 Å². The van der Waals surface area contributed by atoms with Crippen molar-refractivity contribution in [3.05, 3.63) is 59.2 Å². The van der Waals surface area contributed by atoms with Crippen LogP contribution in [0, 0.1) is 5.92 Å². The number of aliphatic hydroxyl groups is 6. The summed E-state index contributed by atoms with van der Waals surface area (Å²) in [6, 6.07) is 4.59. The minimum atomic E-state index is -1.97. The number of hydrogen-bond donors (Lipinski definition) is 7. The number of hydrogen-bond acceptors (Lipinski definition) is 9. The molecule has 0 aromatic heterocycles. The van der Waals surface area contributed by atoms with E-state index in [1.165, 1.54) is 22.6 Å². The molecule has 7 atom stereocenters. The predicted molar refractivity (Wildman–Crippen MR) is 153 cm³/mol. The average Bonchev–Trinajstić information content (AvgIpc) is 3.14. The van der Waals surface area contributed by atoms with Crippen molar-refractivity contribution in [2.24, 2.45) is 5.92 Å². The molecule has 1 saturated heterocycles. The van der Waals surface area contributed by atoms with E-state index in [0.29, 0.717) is 12.1 Å². The van der Waals surface area contributed by atoms with E-state index in [9.17, 15) is 35.1 Å². The summed E-state index contributed by atoms with van der Waals surface area (Å²) in [6.45, 7) is 7.89. The van der Waals surface area contributed by atoms with Crippen LogP contribution in [0.3, 0.4) is 0 Å². The number of nitrogens with one attached hydrogen (secondary N) is 1. The molecule has 7 N–H and O–H groups in total. The van der Waals surface area contributed by atoms with Gasteiger partial charge in [0.25, 0.3) is 11.8 Å². The van der Waals surface area contributed by atoms with Crippen LogP contribution in [0.15, 0.2) is 53.6 Å². The molecular formula is C30H42N2O9. The summed E-state index contributed by atoms with van der Waals surface area (Å²) in [6.07, 6.45) is 0.515. The number of amides is 2. The van der Waals surface area contributed by atoms with E-state index in [1.54, 1.807) is 25.1 Å². The minimum Gasteiger partial charge on any atom is -0.396 e. The monoisotopic (exact) mass is 574 g/mol. The number of nitrogens with zero attached hydrogens (tertiary/aromatic N) is 1. The van der Waals surface area contributed by atoms with Gasteiger partial charge in [-0.25, -0.2) is 0 Å². The Morgan fingerprint density at radius 2 is 1.80 bits per heavy atom. The third-order valence-electron chi connectivity index (χ3n) is 7.48. The van der Waals surface area contributed by atoms with Gasteiger partial charge in [0, 0.05) is 30.3 Å². The second-order valence-electron chi connectivity index (χ2n) is 10.9. The zero-order chi connectivity index (χ0) is 30.5. The second kappa shape index (κ2) is 13.8. The van der Waals surface area contributed by atoms with E-state index < -0.39 is 54.0 Å². The van der Waals surface area contributed by atoms with Crippen molar-refractivity contribution in [1.82, 2.24) is 0 Å². The van der Waals surface area contributed by atoms with Crippen LogP contribution in [-0.4, -0.2) is 86.3 Å². The highest BCUT2D eigenvalue weighted by molar-refractivity contribution is 6.08. The van der Waals surface area contributed by atoms with E-state index >= 15 is 0 Å². The molecule has 2 heterocycles. The molecule has 0 bridgehead atoms. The first-order valence-electron chi connectivity index (χ1n) is 13.8. The molecule has 11 heteroatoms. The second-order valence-corrected chi connectivity index (χ2v) is 10.9. The summed E-state index contributed by atoms with van der Waals surface area (Å²) < 4.78 is 5.00. The number of carbonyl (C=O) groups excluding carboxylic acids is 2. The SMILES string of the molecule is CC(C)=CCC/C(C)=C/CN1C(=O)[C@](O)([C@H](C)/C=C/CCO)c2cc(NC(=O)[C@H]3O[C@@H](O)[C@H](O)[C@@H](O)[C@@H]3O)ccc21. The molecule has 1 aromatic carbocycles. The number of fused-ring (bicyclic) bond motifs is 1. The number of carbonyl (C=O) groups is 2. The summed E-state index contributed by atoms with van der Waals surface area (Å²) >= 11 is 0. The molecular weight excluding hydrogens is 532 g/mol. The summed E-state index contributed by atoms with van der Waals surface area (Å²) in [5.74, 6) is -2.12. The smallest absolute Gasteiger partial charge is 0.264 e. The Kier molecular flexibility index (Phi) is 11.0. The van der Waals surface area contributed by atoms with Crippen LogP contribution in [0.5, 0.6) is 0 Å². The molecule has 2 aliphatic rings. The van der Waals surface area contributed by atoms with Crippen molar-refractivity contribution in [2.45, 2.75) is 83.3 Å². The van der Waals surface area contributed by atoms with E-state index in [-0.39, 0.29) is 24.4 Å². The summed E-state index contributed by atoms with van der Waals surface area (Å²) in [4.78, 5) is 28.1. The number of aliphatic hydroxyl groups excluding tert-OH is 5. The van der Waals surface area contributed by atoms with Gasteiger partial charge < -0.3 is 45.6 Å². The van der Waals surface area contributed by atoms with Crippen molar-refractivity contribution in [1.29, 1.82) is 0 Å². The predicted octanol–water partition coefficient (Wildman–Crippen LogP) is 1.23. The molecule has 11 nitrogen and oxygen atoms in total. The standard InChI is InChI=1S/C30H42N2O9/c1-17(2)8-7-9-18(3)13-14-32-22-12-11-20(31-27(37)26-24(35)23(34)25(36)28(38)41-26)16-21(22)30(40,29(32)39)19(4)10-5-6-15-33/h5,8,10-13,16,19,23-26,28,33-36,38,40H,6-7,9,14-15H2,1-4H3,(H,31,37)/b10-5+,18-13+/t19-,23+,24+,25-,26+,28-,30+/m1/s1. The van der Waals surface area contributed by atoms with Gasteiger partial charge in [-0.3, -0.25) is 9.59 Å². The van der Waals surface area contributed by atoms with Gasteiger partial charge in [-0.15, -0.1) is 0 Å². The van der Waals surface area contributed by atoms with E-state index in [4.69, 9.17) is 9.84 Å². The van der Waals surface area contributed by atoms with Crippen molar-refractivity contribution < 1.29 is 45.0 Å². The van der Waals surface area contributed by atoms with Gasteiger partial charge in [0.05, 0.1) is 5.69 Å². The Balaban J connectivity index is 1.91. The molecule has 0 saturated carbocycles. The molecule has 0 spiro atoms. The summed E-state index contributed by atoms with van der Waals surface area (Å²) in [5.41, 5.74) is 1.25. The summed E-state index contributed by atoms with van der Waals surface area (Å²) in [5, 5.41) is 63.2. The topological polar surface area (TPSA) is 180 Å². The highest BCUT2D eigenvalue weighted by atomic mass is 16.6. The Morgan fingerprint density at radius 3 is 2.46 bits per heavy atom. The molecule has 0 aliphatic carbocycles. The number of rotatable bonds is 11. The van der Waals surface area contributed by atoms with Crippen molar-refractivity contribution in [3.8, 4) is 0 Å². The van der Waals surface area contributed by atoms with Gasteiger partial charge >= 0.3 is 0 Å². The van der Waals surface area contributed by atoms with E-state index in [2.05, 4.69) is 11.4 Å². The van der Waals surface area contributed by atoms with E-state index in [0.717, 1.165) is 18.4 Å². The third kappa shape index (κ3) is 7.12. The van der Waals surface area contributed by atoms with Crippen LogP contribution in [0.1, 0.15) is 52.5 Å². The van der Waals surface area contributed by atoms with Crippen LogP contribution in [-0.2, 0) is 19.9 Å². The number of benzene rings is 1. The molecule has 41 heavy (non-hydrogen) atoms. The first-order chi connectivity index (χ1) is 19.3. The van der Waals surface area contributed by atoms with Crippen LogP contribution in [0.4, 0.5) is 11.4 Å². The molecule has 2 amide bonds. The lowest BCUT2D eigenvalue weighted by molar-refractivity contribution is -0.274. The summed E-state index contributed by atoms with van der Waals surface area (Å²) in [7, 11) is 0. The molecule has 1 aromatic rings. The molecule has 3 rings (SSSR count). The highest BCUT2D eigenvalue weighted by Crippen LogP contribution is 2.46. The zero-order valence-electron chi connectivity index (χ0n) is 23.9. The Bertz CT molecular complexity index is 1190. The van der Waals surface area contributed by atoms with Crippen molar-refractivity contribution >= 4 is 23.2 Å². The maximum atomic E-state index is 13.7. The fourth-order valence-electron chi connectivity index (χ4n) is 4.95. The number of allylic oxidation sites excluding steroid dienone is 3. The molecule has 226 valence electrons. The maximum Gasteiger partial charge on any atom is 0.264 e. The fourth-order valence-corrected chi connectivity index (χ4v) is 4.95. The van der Waals surface area contributed by atoms with Crippen molar-refractivity contribution in [3.63, 3.8) is 0 Å². The third-order valence-corrected chi connectivity index (χ3v) is 7.48. The first-order valence-corrected chi connectivity index (χ1v) is 13.8. The van der Waals surface area contributed by atoms with E-state index in [1.807, 2.05) is 26.8 Å². The molecule has 0 unspecified atom stereocenters. The molecule has 0 radical (unpaired) electrons. The lowest BCUT2D eigenvalue weighted by Gasteiger charge is -2.37. The first kappa shape index (κ1) is 32.6. The maximum absolute atomic E-state index is 13.7. The Morgan fingerprint density at radius 1 is 1.10 bits per heavy atom. The van der Waals surface area contributed by atoms with Gasteiger partial charge in [-0.05, 0) is 58.2 Å².